The molecule has 0 aliphatic rings. The Morgan fingerprint density at radius 3 is 2.28 bits per heavy atom. The van der Waals surface area contributed by atoms with Gasteiger partial charge in [-0.1, -0.05) is 18.2 Å². The number of nitrogens with zero attached hydrogens (tertiary/aromatic N) is 3. The van der Waals surface area contributed by atoms with Crippen LogP contribution in [0.15, 0.2) is 35.5 Å². The molecular formula is C9H8F2N4O2S. The van der Waals surface area contributed by atoms with Crippen LogP contribution in [-0.4, -0.2) is 23.2 Å². The van der Waals surface area contributed by atoms with Crippen molar-refractivity contribution in [3.05, 3.63) is 36.2 Å². The molecule has 0 aliphatic heterocycles. The van der Waals surface area contributed by atoms with Crippen molar-refractivity contribution in [2.45, 2.75) is 11.6 Å². The third-order valence-electron chi connectivity index (χ3n) is 2.12. The predicted octanol–water partition coefficient (Wildman–Crippen LogP) is 0.852. The van der Waals surface area contributed by atoms with Crippen LogP contribution in [0.1, 0.15) is 12.2 Å². The van der Waals surface area contributed by atoms with E-state index in [4.69, 9.17) is 5.14 Å². The smallest absolute Gasteiger partial charge is 0.264 e. The largest absolute Gasteiger partial charge is 0.297 e. The van der Waals surface area contributed by atoms with Gasteiger partial charge in [0, 0.05) is 5.69 Å². The molecule has 0 aliphatic carbocycles. The maximum Gasteiger partial charge on any atom is 0.297 e. The molecule has 6 nitrogen and oxygen atoms in total. The average molecular weight is 274 g/mol. The molecule has 0 fully saturated rings. The fourth-order valence-electron chi connectivity index (χ4n) is 1.43. The summed E-state index contributed by atoms with van der Waals surface area (Å²) in [5, 5.41) is 10.6. The van der Waals surface area contributed by atoms with Crippen molar-refractivity contribution in [2.75, 3.05) is 0 Å². The van der Waals surface area contributed by atoms with Gasteiger partial charge < -0.3 is 0 Å². The fourth-order valence-corrected chi connectivity index (χ4v) is 2.03. The molecular weight excluding hydrogens is 266 g/mol. The van der Waals surface area contributed by atoms with Gasteiger partial charge in [-0.3, -0.25) is 4.57 Å². The van der Waals surface area contributed by atoms with Gasteiger partial charge in [0.2, 0.25) is 5.82 Å². The van der Waals surface area contributed by atoms with E-state index >= 15 is 0 Å². The molecule has 0 saturated heterocycles. The van der Waals surface area contributed by atoms with E-state index in [1.165, 1.54) is 12.1 Å². The zero-order valence-electron chi connectivity index (χ0n) is 8.86. The third kappa shape index (κ3) is 2.22. The summed E-state index contributed by atoms with van der Waals surface area (Å²) < 4.78 is 48.8. The Morgan fingerprint density at radius 1 is 1.17 bits per heavy atom. The monoisotopic (exact) mass is 274 g/mol. The van der Waals surface area contributed by atoms with E-state index in [2.05, 4.69) is 10.2 Å². The zero-order valence-corrected chi connectivity index (χ0v) is 9.68. The van der Waals surface area contributed by atoms with Gasteiger partial charge in [0.15, 0.2) is 0 Å². The first-order chi connectivity index (χ1) is 8.41. The van der Waals surface area contributed by atoms with E-state index in [1.807, 2.05) is 0 Å². The molecule has 1 aromatic carbocycles. The standard InChI is InChI=1S/C9H8F2N4O2S/c10-7(11)8-13-14-9(18(12,16)17)15(8)6-4-2-1-3-5-6/h1-5,7H,(H2,12,16,17). The van der Waals surface area contributed by atoms with Crippen LogP contribution in [0.25, 0.3) is 5.69 Å². The van der Waals surface area contributed by atoms with Crippen LogP contribution >= 0.6 is 0 Å². The van der Waals surface area contributed by atoms with Crippen molar-refractivity contribution < 1.29 is 17.2 Å². The van der Waals surface area contributed by atoms with Gasteiger partial charge in [0.1, 0.15) is 0 Å². The van der Waals surface area contributed by atoms with Gasteiger partial charge in [-0.25, -0.2) is 22.3 Å². The summed E-state index contributed by atoms with van der Waals surface area (Å²) in [5.41, 5.74) is 0.196. The lowest BCUT2D eigenvalue weighted by Crippen LogP contribution is -2.18. The summed E-state index contributed by atoms with van der Waals surface area (Å²) in [6.07, 6.45) is -2.96. The molecule has 96 valence electrons. The fraction of sp³-hybridized carbons (Fsp3) is 0.111. The first-order valence-electron chi connectivity index (χ1n) is 4.73. The number of nitrogens with two attached hydrogens (primary N) is 1. The maximum atomic E-state index is 12.8. The Balaban J connectivity index is 2.74. The lowest BCUT2D eigenvalue weighted by molar-refractivity contribution is 0.137. The highest BCUT2D eigenvalue weighted by atomic mass is 32.2. The van der Waals surface area contributed by atoms with E-state index in [0.717, 1.165) is 4.57 Å². The SMILES string of the molecule is NS(=O)(=O)c1nnc(C(F)F)n1-c1ccccc1. The topological polar surface area (TPSA) is 90.9 Å². The molecule has 1 heterocycles. The molecule has 0 spiro atoms. The summed E-state index contributed by atoms with van der Waals surface area (Å²) in [5.74, 6) is -0.773. The van der Waals surface area contributed by atoms with Gasteiger partial charge in [-0.05, 0) is 12.1 Å². The maximum absolute atomic E-state index is 12.8. The van der Waals surface area contributed by atoms with Crippen molar-refractivity contribution in [1.29, 1.82) is 0 Å². The molecule has 9 heteroatoms. The van der Waals surface area contributed by atoms with Gasteiger partial charge in [-0.15, -0.1) is 10.2 Å². The molecule has 18 heavy (non-hydrogen) atoms. The number of halogens is 2. The molecule has 0 atom stereocenters. The molecule has 0 saturated carbocycles. The van der Waals surface area contributed by atoms with Gasteiger partial charge in [-0.2, -0.15) is 0 Å². The number of sulfonamides is 1. The number of benzene rings is 1. The second kappa shape index (κ2) is 4.42. The lowest BCUT2D eigenvalue weighted by Gasteiger charge is -2.08. The zero-order chi connectivity index (χ0) is 13.3. The third-order valence-corrected chi connectivity index (χ3v) is 2.90. The Morgan fingerprint density at radius 2 is 1.78 bits per heavy atom. The summed E-state index contributed by atoms with van der Waals surface area (Å²) >= 11 is 0. The summed E-state index contributed by atoms with van der Waals surface area (Å²) in [7, 11) is -4.24. The van der Waals surface area contributed by atoms with Crippen molar-refractivity contribution in [3.8, 4) is 5.69 Å². The molecule has 2 aromatic rings. The lowest BCUT2D eigenvalue weighted by atomic mass is 10.3. The van der Waals surface area contributed by atoms with Crippen molar-refractivity contribution in [3.63, 3.8) is 0 Å². The quantitative estimate of drug-likeness (QED) is 0.898. The highest BCUT2D eigenvalue weighted by Crippen LogP contribution is 2.23. The Hall–Kier alpha value is -1.87. The second-order valence-electron chi connectivity index (χ2n) is 3.36. The average Bonchev–Trinajstić information content (AvgIpc) is 2.74. The van der Waals surface area contributed by atoms with E-state index in [1.54, 1.807) is 18.2 Å². The van der Waals surface area contributed by atoms with Gasteiger partial charge in [0.25, 0.3) is 21.6 Å². The van der Waals surface area contributed by atoms with Crippen LogP contribution < -0.4 is 5.14 Å². The molecule has 0 amide bonds. The van der Waals surface area contributed by atoms with E-state index < -0.39 is 27.4 Å². The van der Waals surface area contributed by atoms with Gasteiger partial charge in [0.05, 0.1) is 0 Å². The van der Waals surface area contributed by atoms with Crippen molar-refractivity contribution in [2.24, 2.45) is 5.14 Å². The first-order valence-corrected chi connectivity index (χ1v) is 6.27. The number of primary sulfonamides is 1. The number of aromatic nitrogens is 3. The molecule has 0 radical (unpaired) electrons. The van der Waals surface area contributed by atoms with Crippen LogP contribution in [0, 0.1) is 0 Å². The minimum atomic E-state index is -4.24. The van der Waals surface area contributed by atoms with E-state index in [9.17, 15) is 17.2 Å². The highest BCUT2D eigenvalue weighted by molar-refractivity contribution is 7.89. The number of hydrogen-bond acceptors (Lipinski definition) is 4. The minimum Gasteiger partial charge on any atom is -0.264 e. The summed E-state index contributed by atoms with van der Waals surface area (Å²) in [6.45, 7) is 0. The van der Waals surface area contributed by atoms with Crippen LogP contribution in [0.5, 0.6) is 0 Å². The van der Waals surface area contributed by atoms with Crippen molar-refractivity contribution in [1.82, 2.24) is 14.8 Å². The van der Waals surface area contributed by atoms with Gasteiger partial charge >= 0.3 is 0 Å². The Labute approximate surface area is 101 Å². The predicted molar refractivity (Wildman–Crippen MR) is 57.7 cm³/mol. The molecule has 2 rings (SSSR count). The molecule has 2 N–H and O–H groups in total. The van der Waals surface area contributed by atoms with Crippen LogP contribution in [0.2, 0.25) is 0 Å². The number of rotatable bonds is 3. The van der Waals surface area contributed by atoms with Crippen LogP contribution in [0.3, 0.4) is 0 Å². The van der Waals surface area contributed by atoms with Crippen LogP contribution in [-0.2, 0) is 10.0 Å². The second-order valence-corrected chi connectivity index (χ2v) is 4.81. The van der Waals surface area contributed by atoms with E-state index in [-0.39, 0.29) is 5.69 Å². The minimum absolute atomic E-state index is 0.196. The van der Waals surface area contributed by atoms with E-state index in [0.29, 0.717) is 0 Å². The van der Waals surface area contributed by atoms with Crippen LogP contribution in [0.4, 0.5) is 8.78 Å². The highest BCUT2D eigenvalue weighted by Gasteiger charge is 2.26. The van der Waals surface area contributed by atoms with Crippen molar-refractivity contribution >= 4 is 10.0 Å². The normalized spacial score (nSPS) is 12.0. The Bertz CT molecular complexity index is 654. The molecule has 0 unspecified atom stereocenters. The molecule has 0 bridgehead atoms. The summed E-state index contributed by atoms with van der Waals surface area (Å²) in [4.78, 5) is 0. The first kappa shape index (κ1) is 12.6. The number of hydrogen-bond donors (Lipinski definition) is 1. The Kier molecular flexibility index (Phi) is 3.09. The number of para-hydroxylation sites is 1. The number of alkyl halides is 2. The molecule has 1 aromatic heterocycles. The summed E-state index contributed by atoms with van der Waals surface area (Å²) in [6, 6.07) is 7.69.